The second-order valence-corrected chi connectivity index (χ2v) is 3.98. The summed E-state index contributed by atoms with van der Waals surface area (Å²) < 4.78 is 40.3. The molecule has 6 heteroatoms. The van der Waals surface area contributed by atoms with Crippen molar-refractivity contribution in [1.82, 2.24) is 0 Å². The highest BCUT2D eigenvalue weighted by molar-refractivity contribution is 4.77. The van der Waals surface area contributed by atoms with E-state index in [1.165, 1.54) is 0 Å². The van der Waals surface area contributed by atoms with Gasteiger partial charge in [-0.25, -0.2) is 0 Å². The summed E-state index contributed by atoms with van der Waals surface area (Å²) in [7, 11) is 0. The zero-order chi connectivity index (χ0) is 12.7. The Labute approximate surface area is 93.2 Å². The molecule has 16 heavy (non-hydrogen) atoms. The number of aliphatic hydroxyl groups excluding tert-OH is 2. The zero-order valence-corrected chi connectivity index (χ0v) is 9.39. The molecule has 0 aromatic carbocycles. The summed E-state index contributed by atoms with van der Waals surface area (Å²) in [6.45, 7) is 0.807. The molecule has 0 spiro atoms. The highest BCUT2D eigenvalue weighted by Gasteiger charge is 2.30. The monoisotopic (exact) mass is 244 g/mol. The number of hydrogen-bond acceptors (Lipinski definition) is 3. The van der Waals surface area contributed by atoms with Gasteiger partial charge >= 0.3 is 6.18 Å². The van der Waals surface area contributed by atoms with E-state index in [2.05, 4.69) is 0 Å². The molecule has 98 valence electrons. The normalized spacial score (nSPS) is 13.1. The topological polar surface area (TPSA) is 49.7 Å². The van der Waals surface area contributed by atoms with Crippen LogP contribution in [0, 0.1) is 5.41 Å². The minimum atomic E-state index is -4.23. The minimum Gasteiger partial charge on any atom is -0.396 e. The molecule has 0 atom stereocenters. The lowest BCUT2D eigenvalue weighted by atomic mass is 9.86. The molecule has 0 aliphatic heterocycles. The molecule has 0 radical (unpaired) electrons. The number of hydrogen-bond donors (Lipinski definition) is 2. The first-order valence-electron chi connectivity index (χ1n) is 5.25. The molecule has 0 unspecified atom stereocenters. The molecular formula is C10H19F3O3. The van der Waals surface area contributed by atoms with Gasteiger partial charge in [-0.05, 0) is 6.42 Å². The molecule has 0 bridgehead atoms. The summed E-state index contributed by atoms with van der Waals surface area (Å²) in [6.07, 6.45) is -3.99. The fourth-order valence-electron chi connectivity index (χ4n) is 1.38. The Bertz CT molecular complexity index is 179. The van der Waals surface area contributed by atoms with E-state index < -0.39 is 24.6 Å². The molecule has 0 aliphatic carbocycles. The van der Waals surface area contributed by atoms with Crippen molar-refractivity contribution in [3.05, 3.63) is 0 Å². The maximum Gasteiger partial charge on any atom is 0.391 e. The van der Waals surface area contributed by atoms with Crippen molar-refractivity contribution in [2.24, 2.45) is 5.41 Å². The third-order valence-corrected chi connectivity index (χ3v) is 2.39. The third kappa shape index (κ3) is 6.30. The standard InChI is InChI=1S/C10H19F3O3/c1-2-3-9(6-14,7-15)8-16-5-4-10(11,12)13/h14-15H,2-8H2,1H3. The van der Waals surface area contributed by atoms with Gasteiger partial charge in [0.25, 0.3) is 0 Å². The quantitative estimate of drug-likeness (QED) is 0.639. The first-order valence-corrected chi connectivity index (χ1v) is 5.25. The van der Waals surface area contributed by atoms with Crippen LogP contribution in [-0.2, 0) is 4.74 Å². The molecule has 0 fully saturated rings. The van der Waals surface area contributed by atoms with E-state index in [-0.39, 0.29) is 19.8 Å². The Balaban J connectivity index is 3.93. The van der Waals surface area contributed by atoms with Gasteiger partial charge in [-0.15, -0.1) is 0 Å². The molecule has 0 aromatic rings. The molecule has 0 amide bonds. The molecule has 0 rings (SSSR count). The van der Waals surface area contributed by atoms with Crippen LogP contribution in [-0.4, -0.2) is 42.8 Å². The Morgan fingerprint density at radius 1 is 1.06 bits per heavy atom. The summed E-state index contributed by atoms with van der Waals surface area (Å²) >= 11 is 0. The van der Waals surface area contributed by atoms with Crippen LogP contribution in [0.4, 0.5) is 13.2 Å². The number of halogens is 3. The maximum absolute atomic E-state index is 11.8. The fraction of sp³-hybridized carbons (Fsp3) is 1.00. The van der Waals surface area contributed by atoms with Crippen molar-refractivity contribution in [2.75, 3.05) is 26.4 Å². The molecular weight excluding hydrogens is 225 g/mol. The van der Waals surface area contributed by atoms with Gasteiger partial charge in [0.1, 0.15) is 0 Å². The van der Waals surface area contributed by atoms with Gasteiger partial charge in [-0.1, -0.05) is 13.3 Å². The van der Waals surface area contributed by atoms with E-state index in [9.17, 15) is 13.2 Å². The van der Waals surface area contributed by atoms with Crippen LogP contribution >= 0.6 is 0 Å². The highest BCUT2D eigenvalue weighted by atomic mass is 19.4. The van der Waals surface area contributed by atoms with E-state index in [0.717, 1.165) is 6.42 Å². The van der Waals surface area contributed by atoms with Crippen LogP contribution < -0.4 is 0 Å². The number of rotatable bonds is 8. The second kappa shape index (κ2) is 7.09. The predicted molar refractivity (Wildman–Crippen MR) is 53.0 cm³/mol. The molecule has 0 saturated carbocycles. The first-order chi connectivity index (χ1) is 7.39. The summed E-state index contributed by atoms with van der Waals surface area (Å²) in [5.41, 5.74) is -0.819. The van der Waals surface area contributed by atoms with Gasteiger partial charge in [-0.2, -0.15) is 13.2 Å². The SMILES string of the molecule is CCCC(CO)(CO)COCCC(F)(F)F. The largest absolute Gasteiger partial charge is 0.396 e. The summed E-state index contributed by atoms with van der Waals surface area (Å²) in [5.74, 6) is 0. The fourth-order valence-corrected chi connectivity index (χ4v) is 1.38. The Hall–Kier alpha value is -0.330. The molecule has 0 aliphatic rings. The Morgan fingerprint density at radius 3 is 2.00 bits per heavy atom. The van der Waals surface area contributed by atoms with Crippen LogP contribution in [0.3, 0.4) is 0 Å². The zero-order valence-electron chi connectivity index (χ0n) is 9.39. The van der Waals surface area contributed by atoms with E-state index >= 15 is 0 Å². The van der Waals surface area contributed by atoms with Crippen molar-refractivity contribution >= 4 is 0 Å². The number of ether oxygens (including phenoxy) is 1. The van der Waals surface area contributed by atoms with Gasteiger partial charge in [0, 0.05) is 5.41 Å². The molecule has 0 heterocycles. The third-order valence-electron chi connectivity index (χ3n) is 2.39. The van der Waals surface area contributed by atoms with Crippen molar-refractivity contribution in [1.29, 1.82) is 0 Å². The van der Waals surface area contributed by atoms with Crippen LogP contribution in [0.2, 0.25) is 0 Å². The van der Waals surface area contributed by atoms with Crippen molar-refractivity contribution < 1.29 is 28.1 Å². The summed E-state index contributed by atoms with van der Waals surface area (Å²) in [4.78, 5) is 0. The predicted octanol–water partition coefficient (Wildman–Crippen LogP) is 1.73. The van der Waals surface area contributed by atoms with Crippen LogP contribution in [0.25, 0.3) is 0 Å². The smallest absolute Gasteiger partial charge is 0.391 e. The first kappa shape index (κ1) is 15.7. The number of alkyl halides is 3. The maximum atomic E-state index is 11.8. The van der Waals surface area contributed by atoms with Gasteiger partial charge in [-0.3, -0.25) is 0 Å². The van der Waals surface area contributed by atoms with Crippen LogP contribution in [0.1, 0.15) is 26.2 Å². The van der Waals surface area contributed by atoms with E-state index in [1.807, 2.05) is 6.92 Å². The molecule has 2 N–H and O–H groups in total. The van der Waals surface area contributed by atoms with Gasteiger partial charge < -0.3 is 14.9 Å². The van der Waals surface area contributed by atoms with E-state index in [4.69, 9.17) is 14.9 Å². The minimum absolute atomic E-state index is 0.0517. The lowest BCUT2D eigenvalue weighted by molar-refractivity contribution is -0.149. The average molecular weight is 244 g/mol. The summed E-state index contributed by atoms with van der Waals surface area (Å²) in [6, 6.07) is 0. The van der Waals surface area contributed by atoms with E-state index in [1.54, 1.807) is 0 Å². The summed E-state index contributed by atoms with van der Waals surface area (Å²) in [5, 5.41) is 18.2. The van der Waals surface area contributed by atoms with Crippen molar-refractivity contribution in [3.8, 4) is 0 Å². The van der Waals surface area contributed by atoms with Crippen LogP contribution in [0.5, 0.6) is 0 Å². The Morgan fingerprint density at radius 2 is 1.62 bits per heavy atom. The lowest BCUT2D eigenvalue weighted by Crippen LogP contribution is -2.35. The van der Waals surface area contributed by atoms with Crippen molar-refractivity contribution in [3.63, 3.8) is 0 Å². The second-order valence-electron chi connectivity index (χ2n) is 3.98. The molecule has 0 aromatic heterocycles. The lowest BCUT2D eigenvalue weighted by Gasteiger charge is -2.29. The van der Waals surface area contributed by atoms with E-state index in [0.29, 0.717) is 6.42 Å². The van der Waals surface area contributed by atoms with Crippen molar-refractivity contribution in [2.45, 2.75) is 32.4 Å². The van der Waals surface area contributed by atoms with Gasteiger partial charge in [0.05, 0.1) is 32.8 Å². The Kier molecular flexibility index (Phi) is 6.94. The highest BCUT2D eigenvalue weighted by Crippen LogP contribution is 2.24. The molecule has 0 saturated heterocycles. The van der Waals surface area contributed by atoms with Gasteiger partial charge in [0.2, 0.25) is 0 Å². The number of aliphatic hydroxyl groups is 2. The van der Waals surface area contributed by atoms with Gasteiger partial charge in [0.15, 0.2) is 0 Å². The molecule has 3 nitrogen and oxygen atoms in total. The average Bonchev–Trinajstić information content (AvgIpc) is 2.21. The van der Waals surface area contributed by atoms with Crippen LogP contribution in [0.15, 0.2) is 0 Å².